The Bertz CT molecular complexity index is 1430. The quantitative estimate of drug-likeness (QED) is 0.152. The van der Waals surface area contributed by atoms with Crippen LogP contribution in [-0.2, 0) is 14.6 Å². The fourth-order valence-corrected chi connectivity index (χ4v) is 5.80. The zero-order chi connectivity index (χ0) is 22.9. The van der Waals surface area contributed by atoms with Crippen molar-refractivity contribution in [3.8, 4) is 0 Å². The molecule has 1 amide bonds. The smallest absolute Gasteiger partial charge is 0.269 e. The summed E-state index contributed by atoms with van der Waals surface area (Å²) in [5.74, 6) is -0.358. The summed E-state index contributed by atoms with van der Waals surface area (Å²) in [6.07, 6.45) is 1.13. The lowest BCUT2D eigenvalue weighted by atomic mass is 10.3. The Hall–Kier alpha value is -3.49. The van der Waals surface area contributed by atoms with Crippen LogP contribution < -0.4 is 11.1 Å². The molecule has 32 heavy (non-hydrogen) atoms. The molecule has 4 N–H and O–H groups in total. The van der Waals surface area contributed by atoms with E-state index in [-0.39, 0.29) is 31.6 Å². The van der Waals surface area contributed by atoms with Gasteiger partial charge in [0.1, 0.15) is 4.21 Å². The van der Waals surface area contributed by atoms with Crippen molar-refractivity contribution in [3.63, 3.8) is 0 Å². The van der Waals surface area contributed by atoms with E-state index in [0.717, 1.165) is 52.8 Å². The molecule has 0 saturated carbocycles. The SMILES string of the molecule is Nc1ccc2nc(SCC(=O)Nc3ncc(S(=O)(=O)c4ccc([N+](=O)[O-])cc4)s3)[nH]c2c1. The van der Waals surface area contributed by atoms with E-state index in [4.69, 9.17) is 5.73 Å². The Morgan fingerprint density at radius 3 is 2.72 bits per heavy atom. The molecule has 0 aliphatic rings. The number of aromatic amines is 1. The minimum Gasteiger partial charge on any atom is -0.399 e. The lowest BCUT2D eigenvalue weighted by Gasteiger charge is -2.01. The fourth-order valence-electron chi connectivity index (χ4n) is 2.67. The van der Waals surface area contributed by atoms with Crippen molar-refractivity contribution in [2.24, 2.45) is 0 Å². The van der Waals surface area contributed by atoms with E-state index in [1.54, 1.807) is 18.2 Å². The minimum absolute atomic E-state index is 0.0271. The van der Waals surface area contributed by atoms with Crippen molar-refractivity contribution in [2.45, 2.75) is 14.3 Å². The molecule has 0 aliphatic carbocycles. The number of H-pyrrole nitrogens is 1. The Kier molecular flexibility index (Phi) is 5.82. The number of nitrogens with two attached hydrogens (primary N) is 1. The van der Waals surface area contributed by atoms with Crippen molar-refractivity contribution in [1.29, 1.82) is 0 Å². The van der Waals surface area contributed by atoms with Crippen LogP contribution in [0.3, 0.4) is 0 Å². The number of imidazole rings is 1. The Labute approximate surface area is 189 Å². The van der Waals surface area contributed by atoms with E-state index in [2.05, 4.69) is 20.3 Å². The molecule has 0 aliphatic heterocycles. The number of fused-ring (bicyclic) bond motifs is 1. The number of carbonyl (C=O) groups is 1. The molecule has 164 valence electrons. The number of amides is 1. The Morgan fingerprint density at radius 1 is 1.25 bits per heavy atom. The van der Waals surface area contributed by atoms with Crippen LogP contribution in [0.15, 0.2) is 62.9 Å². The molecule has 0 fully saturated rings. The van der Waals surface area contributed by atoms with Gasteiger partial charge in [-0.1, -0.05) is 23.1 Å². The van der Waals surface area contributed by atoms with Gasteiger partial charge in [0.25, 0.3) is 5.69 Å². The molecule has 2 aromatic heterocycles. The molecule has 11 nitrogen and oxygen atoms in total. The number of carbonyl (C=O) groups excluding carboxylic acids is 1. The lowest BCUT2D eigenvalue weighted by molar-refractivity contribution is -0.384. The zero-order valence-electron chi connectivity index (χ0n) is 16.0. The summed E-state index contributed by atoms with van der Waals surface area (Å²) in [5, 5.41) is 14.0. The number of benzene rings is 2. The number of sulfone groups is 1. The average Bonchev–Trinajstić information content (AvgIpc) is 3.39. The molecule has 0 unspecified atom stereocenters. The number of hydrogen-bond acceptors (Lipinski definition) is 10. The highest BCUT2D eigenvalue weighted by Gasteiger charge is 2.22. The third-order valence-corrected chi connectivity index (χ3v) is 8.19. The summed E-state index contributed by atoms with van der Waals surface area (Å²) >= 11 is 1.97. The molecular weight excluding hydrogens is 476 g/mol. The van der Waals surface area contributed by atoms with Gasteiger partial charge in [-0.25, -0.2) is 18.4 Å². The second-order valence-electron chi connectivity index (χ2n) is 6.39. The van der Waals surface area contributed by atoms with E-state index >= 15 is 0 Å². The van der Waals surface area contributed by atoms with Gasteiger partial charge in [-0.2, -0.15) is 0 Å². The maximum atomic E-state index is 12.7. The number of rotatable bonds is 7. The maximum Gasteiger partial charge on any atom is 0.269 e. The van der Waals surface area contributed by atoms with Gasteiger partial charge in [0.2, 0.25) is 15.7 Å². The third-order valence-electron chi connectivity index (χ3n) is 4.18. The number of nitrogens with zero attached hydrogens (tertiary/aromatic N) is 3. The number of nitro groups is 1. The molecule has 4 rings (SSSR count). The monoisotopic (exact) mass is 490 g/mol. The number of nitrogen functional groups attached to an aromatic ring is 1. The van der Waals surface area contributed by atoms with E-state index in [0.29, 0.717) is 10.8 Å². The molecule has 0 atom stereocenters. The second kappa shape index (κ2) is 8.57. The summed E-state index contributed by atoms with van der Waals surface area (Å²) in [6.45, 7) is 0. The summed E-state index contributed by atoms with van der Waals surface area (Å²) in [4.78, 5) is 33.6. The standard InChI is InChI=1S/C18H14N6O5S3/c19-10-1-6-13-14(7-10)22-18(21-13)30-9-15(25)23-17-20-8-16(31-17)32(28,29)12-4-2-11(3-5-12)24(26)27/h1-8H,9,19H2,(H,21,22)(H,20,23,25). The number of anilines is 2. The summed E-state index contributed by atoms with van der Waals surface area (Å²) in [5.41, 5.74) is 7.60. The minimum atomic E-state index is -3.92. The van der Waals surface area contributed by atoms with Gasteiger partial charge < -0.3 is 16.0 Å². The second-order valence-corrected chi connectivity index (χ2v) is 10.6. The van der Waals surface area contributed by atoms with Crippen molar-refractivity contribution >= 4 is 66.4 Å². The largest absolute Gasteiger partial charge is 0.399 e. The van der Waals surface area contributed by atoms with Crippen LogP contribution in [-0.4, -0.2) is 40.0 Å². The highest BCUT2D eigenvalue weighted by molar-refractivity contribution is 7.99. The first kappa shape index (κ1) is 21.7. The number of non-ortho nitro benzene ring substituents is 1. The van der Waals surface area contributed by atoms with Gasteiger partial charge in [-0.05, 0) is 30.3 Å². The molecule has 2 aromatic carbocycles. The van der Waals surface area contributed by atoms with Gasteiger partial charge in [0, 0.05) is 17.8 Å². The molecule has 0 radical (unpaired) electrons. The number of hydrogen-bond donors (Lipinski definition) is 3. The van der Waals surface area contributed by atoms with Gasteiger partial charge in [0.15, 0.2) is 10.3 Å². The first-order valence-electron chi connectivity index (χ1n) is 8.85. The highest BCUT2D eigenvalue weighted by Crippen LogP contribution is 2.30. The first-order chi connectivity index (χ1) is 15.2. The molecule has 0 saturated heterocycles. The Morgan fingerprint density at radius 2 is 2.00 bits per heavy atom. The van der Waals surface area contributed by atoms with Gasteiger partial charge in [-0.15, -0.1) is 0 Å². The van der Waals surface area contributed by atoms with Crippen LogP contribution in [0.1, 0.15) is 0 Å². The summed E-state index contributed by atoms with van der Waals surface area (Å²) in [6, 6.07) is 9.78. The van der Waals surface area contributed by atoms with Crippen molar-refractivity contribution in [3.05, 3.63) is 58.8 Å². The van der Waals surface area contributed by atoms with Crippen molar-refractivity contribution in [2.75, 3.05) is 16.8 Å². The first-order valence-corrected chi connectivity index (χ1v) is 12.1. The van der Waals surface area contributed by atoms with Crippen molar-refractivity contribution < 1.29 is 18.1 Å². The normalized spacial score (nSPS) is 11.5. The van der Waals surface area contributed by atoms with Crippen LogP contribution >= 0.6 is 23.1 Å². The molecular formula is C18H14N6O5S3. The van der Waals surface area contributed by atoms with Crippen LogP contribution in [0.5, 0.6) is 0 Å². The maximum absolute atomic E-state index is 12.7. The van der Waals surface area contributed by atoms with Gasteiger partial charge >= 0.3 is 0 Å². The van der Waals surface area contributed by atoms with Crippen molar-refractivity contribution in [1.82, 2.24) is 15.0 Å². The molecule has 0 spiro atoms. The van der Waals surface area contributed by atoms with E-state index in [1.807, 2.05) is 0 Å². The number of thiazole rings is 1. The molecule has 4 aromatic rings. The lowest BCUT2D eigenvalue weighted by Crippen LogP contribution is -2.13. The molecule has 0 bridgehead atoms. The Balaban J connectivity index is 1.40. The fraction of sp³-hybridized carbons (Fsp3) is 0.0556. The van der Waals surface area contributed by atoms with Gasteiger partial charge in [0.05, 0.1) is 32.8 Å². The summed E-state index contributed by atoms with van der Waals surface area (Å²) in [7, 11) is -3.92. The summed E-state index contributed by atoms with van der Waals surface area (Å²) < 4.78 is 25.3. The van der Waals surface area contributed by atoms with Gasteiger partial charge in [-0.3, -0.25) is 14.9 Å². The molecule has 14 heteroatoms. The van der Waals surface area contributed by atoms with E-state index in [1.165, 1.54) is 11.8 Å². The topological polar surface area (TPSA) is 174 Å². The molecule has 2 heterocycles. The van der Waals surface area contributed by atoms with Crippen LogP contribution in [0, 0.1) is 10.1 Å². The predicted molar refractivity (Wildman–Crippen MR) is 121 cm³/mol. The van der Waals surface area contributed by atoms with Crippen LogP contribution in [0.2, 0.25) is 0 Å². The predicted octanol–water partition coefficient (Wildman–Crippen LogP) is 3.07. The number of thioether (sulfide) groups is 1. The average molecular weight is 491 g/mol. The van der Waals surface area contributed by atoms with Crippen LogP contribution in [0.4, 0.5) is 16.5 Å². The number of nitro benzene ring substituents is 1. The van der Waals surface area contributed by atoms with E-state index < -0.39 is 14.8 Å². The van der Waals surface area contributed by atoms with E-state index in [9.17, 15) is 23.3 Å². The third kappa shape index (κ3) is 4.56. The number of aromatic nitrogens is 3. The highest BCUT2D eigenvalue weighted by atomic mass is 32.2. The van der Waals surface area contributed by atoms with Crippen LogP contribution in [0.25, 0.3) is 11.0 Å². The zero-order valence-corrected chi connectivity index (χ0v) is 18.5. The number of nitrogens with one attached hydrogen (secondary N) is 2.